The van der Waals surface area contributed by atoms with Gasteiger partial charge in [0.1, 0.15) is 16.9 Å². The SMILES string of the molecule is Cc1ccc(-c2c(C=O)nc3scnn23)cc1. The normalized spacial score (nSPS) is 10.9. The number of carbonyl (C=O) groups excluding carboxylic acids is 1. The standard InChI is InChI=1S/C12H9N3OS/c1-8-2-4-9(5-3-8)11-10(6-16)14-12-15(11)13-7-17-12/h2-7H,1H3. The van der Waals surface area contributed by atoms with Crippen molar-refractivity contribution in [1.29, 1.82) is 0 Å². The van der Waals surface area contributed by atoms with Crippen LogP contribution in [0.2, 0.25) is 0 Å². The summed E-state index contributed by atoms with van der Waals surface area (Å²) in [6.07, 6.45) is 0.774. The Kier molecular flexibility index (Phi) is 2.26. The van der Waals surface area contributed by atoms with Crippen LogP contribution in [0, 0.1) is 6.92 Å². The second-order valence-electron chi connectivity index (χ2n) is 3.76. The number of fused-ring (bicyclic) bond motifs is 1. The van der Waals surface area contributed by atoms with Crippen molar-refractivity contribution < 1.29 is 4.79 Å². The minimum atomic E-state index is 0.438. The van der Waals surface area contributed by atoms with E-state index in [4.69, 9.17) is 0 Å². The lowest BCUT2D eigenvalue weighted by atomic mass is 10.1. The minimum Gasteiger partial charge on any atom is -0.296 e. The summed E-state index contributed by atoms with van der Waals surface area (Å²) in [5.41, 5.74) is 5.05. The van der Waals surface area contributed by atoms with E-state index >= 15 is 0 Å². The maximum atomic E-state index is 11.0. The highest BCUT2D eigenvalue weighted by atomic mass is 32.1. The molecule has 1 aromatic carbocycles. The third-order valence-corrected chi connectivity index (χ3v) is 3.28. The van der Waals surface area contributed by atoms with Crippen LogP contribution in [-0.4, -0.2) is 20.9 Å². The number of aromatic nitrogens is 3. The van der Waals surface area contributed by atoms with Crippen molar-refractivity contribution in [2.75, 3.05) is 0 Å². The lowest BCUT2D eigenvalue weighted by molar-refractivity contribution is 0.112. The molecule has 0 saturated heterocycles. The number of rotatable bonds is 2. The Morgan fingerprint density at radius 3 is 2.76 bits per heavy atom. The third-order valence-electron chi connectivity index (χ3n) is 2.61. The molecule has 2 heterocycles. The molecule has 0 aliphatic carbocycles. The summed E-state index contributed by atoms with van der Waals surface area (Å²) in [5.74, 6) is 0. The van der Waals surface area contributed by atoms with E-state index in [1.54, 1.807) is 10.0 Å². The molecule has 4 nitrogen and oxygen atoms in total. The molecule has 0 saturated carbocycles. The first-order valence-electron chi connectivity index (χ1n) is 5.14. The van der Waals surface area contributed by atoms with Gasteiger partial charge in [-0.1, -0.05) is 41.2 Å². The molecule has 0 bridgehead atoms. The molecule has 0 spiro atoms. The summed E-state index contributed by atoms with van der Waals surface area (Å²) in [7, 11) is 0. The number of imidazole rings is 1. The molecule has 0 amide bonds. The van der Waals surface area contributed by atoms with Gasteiger partial charge in [-0.2, -0.15) is 5.10 Å². The molecule has 2 aromatic heterocycles. The van der Waals surface area contributed by atoms with Crippen molar-refractivity contribution in [3.05, 3.63) is 41.0 Å². The Bertz CT molecular complexity index is 681. The maximum Gasteiger partial charge on any atom is 0.213 e. The van der Waals surface area contributed by atoms with Crippen LogP contribution in [-0.2, 0) is 0 Å². The molecule has 0 radical (unpaired) electrons. The van der Waals surface area contributed by atoms with E-state index in [2.05, 4.69) is 10.1 Å². The predicted molar refractivity (Wildman–Crippen MR) is 66.4 cm³/mol. The van der Waals surface area contributed by atoms with Gasteiger partial charge in [-0.3, -0.25) is 4.79 Å². The monoisotopic (exact) mass is 243 g/mol. The molecule has 0 aliphatic heterocycles. The Morgan fingerprint density at radius 2 is 2.06 bits per heavy atom. The Morgan fingerprint density at radius 1 is 1.29 bits per heavy atom. The topological polar surface area (TPSA) is 47.3 Å². The second-order valence-corrected chi connectivity index (χ2v) is 4.57. The van der Waals surface area contributed by atoms with E-state index in [9.17, 15) is 4.79 Å². The molecule has 0 N–H and O–H groups in total. The summed E-state index contributed by atoms with van der Waals surface area (Å²) in [6.45, 7) is 2.03. The Hall–Kier alpha value is -2.01. The average Bonchev–Trinajstić information content (AvgIpc) is 2.89. The highest BCUT2D eigenvalue weighted by Crippen LogP contribution is 2.25. The molecule has 3 aromatic rings. The van der Waals surface area contributed by atoms with Crippen LogP contribution < -0.4 is 0 Å². The fraction of sp³-hybridized carbons (Fsp3) is 0.0833. The quantitative estimate of drug-likeness (QED) is 0.650. The van der Waals surface area contributed by atoms with Crippen LogP contribution in [0.5, 0.6) is 0 Å². The van der Waals surface area contributed by atoms with Gasteiger partial charge >= 0.3 is 0 Å². The van der Waals surface area contributed by atoms with E-state index in [-0.39, 0.29) is 0 Å². The van der Waals surface area contributed by atoms with E-state index in [0.29, 0.717) is 5.69 Å². The van der Waals surface area contributed by atoms with Gasteiger partial charge in [0, 0.05) is 5.56 Å². The molecule has 0 aliphatic rings. The fourth-order valence-electron chi connectivity index (χ4n) is 1.77. The number of nitrogens with zero attached hydrogens (tertiary/aromatic N) is 3. The molecule has 3 rings (SSSR count). The molecule has 17 heavy (non-hydrogen) atoms. The maximum absolute atomic E-state index is 11.0. The van der Waals surface area contributed by atoms with Gasteiger partial charge < -0.3 is 0 Å². The van der Waals surface area contributed by atoms with E-state index in [1.165, 1.54) is 16.9 Å². The van der Waals surface area contributed by atoms with Gasteiger partial charge in [0.05, 0.1) is 0 Å². The lowest BCUT2D eigenvalue weighted by Crippen LogP contribution is -1.91. The van der Waals surface area contributed by atoms with Crippen LogP contribution in [0.25, 0.3) is 16.2 Å². The number of benzene rings is 1. The fourth-order valence-corrected chi connectivity index (χ4v) is 2.40. The average molecular weight is 243 g/mol. The summed E-state index contributed by atoms with van der Waals surface area (Å²) in [5, 5.41) is 4.20. The highest BCUT2D eigenvalue weighted by Gasteiger charge is 2.15. The number of aldehydes is 1. The van der Waals surface area contributed by atoms with Gasteiger partial charge in [0.25, 0.3) is 0 Å². The summed E-state index contributed by atoms with van der Waals surface area (Å²) < 4.78 is 1.71. The van der Waals surface area contributed by atoms with Gasteiger partial charge in [-0.25, -0.2) is 9.50 Å². The predicted octanol–water partition coefficient (Wildman–Crippen LogP) is 2.58. The summed E-state index contributed by atoms with van der Waals surface area (Å²) in [4.78, 5) is 16.0. The Labute approximate surface area is 102 Å². The number of hydrogen-bond acceptors (Lipinski definition) is 4. The first-order valence-corrected chi connectivity index (χ1v) is 6.02. The van der Waals surface area contributed by atoms with Gasteiger partial charge in [-0.15, -0.1) is 0 Å². The van der Waals surface area contributed by atoms with Gasteiger partial charge in [0.2, 0.25) is 4.96 Å². The summed E-state index contributed by atoms with van der Waals surface area (Å²) >= 11 is 1.42. The first kappa shape index (κ1) is 10.2. The molecule has 5 heteroatoms. The molecule has 84 valence electrons. The second kappa shape index (κ2) is 3.78. The van der Waals surface area contributed by atoms with Crippen molar-refractivity contribution in [2.45, 2.75) is 6.92 Å². The van der Waals surface area contributed by atoms with Gasteiger partial charge in [-0.05, 0) is 6.92 Å². The molecular formula is C12H9N3OS. The smallest absolute Gasteiger partial charge is 0.213 e. The summed E-state index contributed by atoms with van der Waals surface area (Å²) in [6, 6.07) is 7.97. The van der Waals surface area contributed by atoms with E-state index < -0.39 is 0 Å². The first-order chi connectivity index (χ1) is 8.29. The van der Waals surface area contributed by atoms with Crippen LogP contribution >= 0.6 is 11.3 Å². The Balaban J connectivity index is 2.30. The zero-order valence-electron chi connectivity index (χ0n) is 9.12. The van der Waals surface area contributed by atoms with Crippen LogP contribution in [0.3, 0.4) is 0 Å². The molecular weight excluding hydrogens is 234 g/mol. The van der Waals surface area contributed by atoms with Crippen LogP contribution in [0.1, 0.15) is 16.1 Å². The van der Waals surface area contributed by atoms with Crippen molar-refractivity contribution in [3.63, 3.8) is 0 Å². The number of hydrogen-bond donors (Lipinski definition) is 0. The zero-order valence-corrected chi connectivity index (χ0v) is 9.94. The van der Waals surface area contributed by atoms with Crippen molar-refractivity contribution in [1.82, 2.24) is 14.6 Å². The van der Waals surface area contributed by atoms with Gasteiger partial charge in [0.15, 0.2) is 6.29 Å². The van der Waals surface area contributed by atoms with Crippen molar-refractivity contribution in [3.8, 4) is 11.3 Å². The minimum absolute atomic E-state index is 0.438. The molecule has 0 unspecified atom stereocenters. The van der Waals surface area contributed by atoms with Crippen molar-refractivity contribution in [2.24, 2.45) is 0 Å². The van der Waals surface area contributed by atoms with Crippen LogP contribution in [0.15, 0.2) is 29.8 Å². The highest BCUT2D eigenvalue weighted by molar-refractivity contribution is 7.14. The molecule has 0 fully saturated rings. The van der Waals surface area contributed by atoms with E-state index in [1.807, 2.05) is 31.2 Å². The number of aryl methyl sites for hydroxylation is 1. The van der Waals surface area contributed by atoms with Crippen molar-refractivity contribution >= 4 is 22.6 Å². The molecule has 0 atom stereocenters. The third kappa shape index (κ3) is 1.55. The van der Waals surface area contributed by atoms with E-state index in [0.717, 1.165) is 22.5 Å². The largest absolute Gasteiger partial charge is 0.296 e. The zero-order chi connectivity index (χ0) is 11.8. The lowest BCUT2D eigenvalue weighted by Gasteiger charge is -2.00. The van der Waals surface area contributed by atoms with Crippen LogP contribution in [0.4, 0.5) is 0 Å². The number of carbonyl (C=O) groups is 1.